The van der Waals surface area contributed by atoms with Gasteiger partial charge in [0.05, 0.1) is 4.92 Å². The van der Waals surface area contributed by atoms with Crippen molar-refractivity contribution in [1.29, 1.82) is 0 Å². The minimum atomic E-state index is -0.329. The maximum absolute atomic E-state index is 11.0. The average molecular weight is 376 g/mol. The number of rotatable bonds is 6. The summed E-state index contributed by atoms with van der Waals surface area (Å²) in [6.45, 7) is 9.52. The molecule has 1 aromatic rings. The Kier molecular flexibility index (Phi) is 6.03. The number of nitro groups is 1. The molecule has 106 valence electrons. The van der Waals surface area contributed by atoms with Crippen LogP contribution < -0.4 is 5.32 Å². The number of hydrogen-bond acceptors (Lipinski definition) is 3. The Bertz CT molecular complexity index is 439. The van der Waals surface area contributed by atoms with Crippen molar-refractivity contribution in [2.45, 2.75) is 27.7 Å². The molecule has 4 nitrogen and oxygen atoms in total. The third-order valence-corrected chi connectivity index (χ3v) is 4.07. The molecule has 1 N–H and O–H groups in total. The molecule has 0 saturated carbocycles. The van der Waals surface area contributed by atoms with E-state index in [0.29, 0.717) is 23.4 Å². The van der Waals surface area contributed by atoms with Crippen LogP contribution in [0.3, 0.4) is 0 Å². The van der Waals surface area contributed by atoms with Crippen LogP contribution in [0.15, 0.2) is 18.2 Å². The van der Waals surface area contributed by atoms with Crippen LogP contribution in [0.25, 0.3) is 0 Å². The van der Waals surface area contributed by atoms with Gasteiger partial charge in [0.2, 0.25) is 0 Å². The molecule has 1 aromatic carbocycles. The third kappa shape index (κ3) is 4.63. The molecule has 0 aliphatic heterocycles. The lowest BCUT2D eigenvalue weighted by molar-refractivity contribution is -0.384. The number of halogens is 1. The van der Waals surface area contributed by atoms with E-state index in [2.05, 4.69) is 55.6 Å². The van der Waals surface area contributed by atoms with E-state index >= 15 is 0 Å². The standard InChI is InChI=1S/C14H21IN2O2/c1-9(2)12(10(3)4)8-16-13-6-5-11(15)7-14(13)17(18)19/h5-7,9-10,12,16H,8H2,1-4H3. The molecule has 19 heavy (non-hydrogen) atoms. The fourth-order valence-corrected chi connectivity index (χ4v) is 2.75. The molecule has 1 rings (SSSR count). The van der Waals surface area contributed by atoms with E-state index in [1.165, 1.54) is 0 Å². The molecule has 0 aliphatic carbocycles. The highest BCUT2D eigenvalue weighted by atomic mass is 127. The molecule has 0 unspecified atom stereocenters. The molecule has 0 saturated heterocycles. The molecule has 0 bridgehead atoms. The van der Waals surface area contributed by atoms with Crippen LogP contribution in [0.5, 0.6) is 0 Å². The van der Waals surface area contributed by atoms with Crippen molar-refractivity contribution < 1.29 is 4.92 Å². The molecular weight excluding hydrogens is 355 g/mol. The SMILES string of the molecule is CC(C)C(CNc1ccc(I)cc1[N+](=O)[O-])C(C)C. The van der Waals surface area contributed by atoms with Crippen molar-refractivity contribution in [3.8, 4) is 0 Å². The summed E-state index contributed by atoms with van der Waals surface area (Å²) in [7, 11) is 0. The fourth-order valence-electron chi connectivity index (χ4n) is 2.27. The van der Waals surface area contributed by atoms with Gasteiger partial charge in [-0.1, -0.05) is 27.7 Å². The Morgan fingerprint density at radius 1 is 1.26 bits per heavy atom. The molecule has 0 radical (unpaired) electrons. The van der Waals surface area contributed by atoms with Gasteiger partial charge < -0.3 is 5.32 Å². The van der Waals surface area contributed by atoms with Crippen molar-refractivity contribution in [2.24, 2.45) is 17.8 Å². The van der Waals surface area contributed by atoms with Crippen LogP contribution in [0.2, 0.25) is 0 Å². The van der Waals surface area contributed by atoms with Crippen molar-refractivity contribution >= 4 is 34.0 Å². The van der Waals surface area contributed by atoms with Gasteiger partial charge in [0.1, 0.15) is 5.69 Å². The van der Waals surface area contributed by atoms with Gasteiger partial charge in [0.25, 0.3) is 5.69 Å². The van der Waals surface area contributed by atoms with Crippen molar-refractivity contribution in [3.05, 3.63) is 31.9 Å². The van der Waals surface area contributed by atoms with E-state index in [4.69, 9.17) is 0 Å². The Morgan fingerprint density at radius 3 is 2.32 bits per heavy atom. The second kappa shape index (κ2) is 7.07. The van der Waals surface area contributed by atoms with E-state index in [1.807, 2.05) is 6.07 Å². The van der Waals surface area contributed by atoms with Gasteiger partial charge in [-0.15, -0.1) is 0 Å². The zero-order chi connectivity index (χ0) is 14.6. The van der Waals surface area contributed by atoms with Gasteiger partial charge in [-0.2, -0.15) is 0 Å². The van der Waals surface area contributed by atoms with Gasteiger partial charge in [-0.05, 0) is 52.5 Å². The van der Waals surface area contributed by atoms with E-state index in [1.54, 1.807) is 12.1 Å². The number of anilines is 1. The van der Waals surface area contributed by atoms with Crippen LogP contribution in [-0.2, 0) is 0 Å². The Labute approximate surface area is 128 Å². The number of benzene rings is 1. The molecule has 0 amide bonds. The molecule has 0 atom stereocenters. The van der Waals surface area contributed by atoms with Gasteiger partial charge in [-0.25, -0.2) is 0 Å². The van der Waals surface area contributed by atoms with Crippen LogP contribution in [0.4, 0.5) is 11.4 Å². The van der Waals surface area contributed by atoms with E-state index < -0.39 is 0 Å². The molecule has 0 heterocycles. The Balaban J connectivity index is 2.85. The van der Waals surface area contributed by atoms with Gasteiger partial charge in [0.15, 0.2) is 0 Å². The fraction of sp³-hybridized carbons (Fsp3) is 0.571. The molecular formula is C14H21IN2O2. The zero-order valence-electron chi connectivity index (χ0n) is 11.8. The third-order valence-electron chi connectivity index (χ3n) is 3.40. The second-order valence-corrected chi connectivity index (χ2v) is 6.70. The predicted molar refractivity (Wildman–Crippen MR) is 87.5 cm³/mol. The summed E-state index contributed by atoms with van der Waals surface area (Å²) in [5, 5.41) is 14.3. The molecule has 0 aromatic heterocycles. The van der Waals surface area contributed by atoms with Crippen LogP contribution in [0, 0.1) is 31.4 Å². The number of nitro benzene ring substituents is 1. The first kappa shape index (κ1) is 16.2. The first-order valence-electron chi connectivity index (χ1n) is 6.50. The molecule has 0 fully saturated rings. The van der Waals surface area contributed by atoms with Crippen molar-refractivity contribution in [3.63, 3.8) is 0 Å². The minimum absolute atomic E-state index is 0.151. The second-order valence-electron chi connectivity index (χ2n) is 5.45. The summed E-state index contributed by atoms with van der Waals surface area (Å²) in [6, 6.07) is 5.27. The Morgan fingerprint density at radius 2 is 1.84 bits per heavy atom. The zero-order valence-corrected chi connectivity index (χ0v) is 14.0. The van der Waals surface area contributed by atoms with Gasteiger partial charge in [-0.3, -0.25) is 10.1 Å². The monoisotopic (exact) mass is 376 g/mol. The lowest BCUT2D eigenvalue weighted by Crippen LogP contribution is -2.24. The highest BCUT2D eigenvalue weighted by molar-refractivity contribution is 14.1. The smallest absolute Gasteiger partial charge is 0.293 e. The Hall–Kier alpha value is -0.850. The number of hydrogen-bond donors (Lipinski definition) is 1. The van der Waals surface area contributed by atoms with Crippen LogP contribution in [-0.4, -0.2) is 11.5 Å². The highest BCUT2D eigenvalue weighted by Gasteiger charge is 2.19. The predicted octanol–water partition coefficient (Wildman–Crippen LogP) is 4.54. The van der Waals surface area contributed by atoms with E-state index in [-0.39, 0.29) is 10.6 Å². The maximum atomic E-state index is 11.0. The lowest BCUT2D eigenvalue weighted by Gasteiger charge is -2.25. The topological polar surface area (TPSA) is 55.2 Å². The van der Waals surface area contributed by atoms with E-state index in [9.17, 15) is 10.1 Å². The molecule has 5 heteroatoms. The number of nitrogens with zero attached hydrogens (tertiary/aromatic N) is 1. The first-order chi connectivity index (χ1) is 8.82. The first-order valence-corrected chi connectivity index (χ1v) is 7.58. The largest absolute Gasteiger partial charge is 0.379 e. The number of nitrogens with one attached hydrogen (secondary N) is 1. The van der Waals surface area contributed by atoms with Gasteiger partial charge >= 0.3 is 0 Å². The molecule has 0 aliphatic rings. The lowest BCUT2D eigenvalue weighted by atomic mass is 9.85. The van der Waals surface area contributed by atoms with Crippen LogP contribution in [0.1, 0.15) is 27.7 Å². The summed E-state index contributed by atoms with van der Waals surface area (Å²) in [5.41, 5.74) is 0.759. The summed E-state index contributed by atoms with van der Waals surface area (Å²) < 4.78 is 0.874. The summed E-state index contributed by atoms with van der Waals surface area (Å²) in [4.78, 5) is 10.7. The van der Waals surface area contributed by atoms with Crippen LogP contribution >= 0.6 is 22.6 Å². The minimum Gasteiger partial charge on any atom is -0.379 e. The molecule has 0 spiro atoms. The van der Waals surface area contributed by atoms with Gasteiger partial charge in [0, 0.05) is 16.2 Å². The highest BCUT2D eigenvalue weighted by Crippen LogP contribution is 2.28. The van der Waals surface area contributed by atoms with E-state index in [0.717, 1.165) is 10.1 Å². The van der Waals surface area contributed by atoms with Crippen molar-refractivity contribution in [2.75, 3.05) is 11.9 Å². The summed E-state index contributed by atoms with van der Waals surface area (Å²) >= 11 is 2.09. The average Bonchev–Trinajstić information content (AvgIpc) is 2.29. The normalized spacial score (nSPS) is 11.4. The summed E-state index contributed by atoms with van der Waals surface area (Å²) in [6.07, 6.45) is 0. The maximum Gasteiger partial charge on any atom is 0.293 e. The van der Waals surface area contributed by atoms with Crippen molar-refractivity contribution in [1.82, 2.24) is 0 Å². The summed E-state index contributed by atoms with van der Waals surface area (Å²) in [5.74, 6) is 1.60. The quantitative estimate of drug-likeness (QED) is 0.451.